The van der Waals surface area contributed by atoms with Crippen molar-refractivity contribution in [2.75, 3.05) is 56.7 Å². The van der Waals surface area contributed by atoms with Crippen molar-refractivity contribution in [1.82, 2.24) is 4.90 Å². The molecule has 0 bridgehead atoms. The number of hydrogen-bond donors (Lipinski definition) is 1. The molecule has 160 valence electrons. The van der Waals surface area contributed by atoms with Gasteiger partial charge in [0.05, 0.1) is 13.7 Å². The predicted molar refractivity (Wildman–Crippen MR) is 114 cm³/mol. The Kier molecular flexibility index (Phi) is 7.37. The lowest BCUT2D eigenvalue weighted by atomic mass is 10.2. The van der Waals surface area contributed by atoms with Crippen LogP contribution in [0.2, 0.25) is 0 Å². The quantitative estimate of drug-likeness (QED) is 0.752. The van der Waals surface area contributed by atoms with Gasteiger partial charge < -0.3 is 24.0 Å². The first-order valence-electron chi connectivity index (χ1n) is 9.92. The van der Waals surface area contributed by atoms with E-state index in [1.807, 2.05) is 24.3 Å². The largest absolute Gasteiger partial charge is 0.497 e. The van der Waals surface area contributed by atoms with Gasteiger partial charge in [-0.05, 0) is 43.3 Å². The average molecular weight is 413 g/mol. The molecule has 0 aromatic heterocycles. The first-order chi connectivity index (χ1) is 14.6. The number of ether oxygens (including phenoxy) is 3. The third-order valence-corrected chi connectivity index (χ3v) is 4.79. The summed E-state index contributed by atoms with van der Waals surface area (Å²) in [5.74, 6) is 1.27. The lowest BCUT2D eigenvalue weighted by Gasteiger charge is -2.36. The maximum Gasteiger partial charge on any atom is 0.411 e. The van der Waals surface area contributed by atoms with Crippen LogP contribution in [0, 0.1) is 0 Å². The van der Waals surface area contributed by atoms with Gasteiger partial charge in [-0.25, -0.2) is 4.79 Å². The number of piperazine rings is 1. The Morgan fingerprint density at radius 2 is 1.73 bits per heavy atom. The number of amides is 2. The molecular formula is C22H27N3O5. The Hall–Kier alpha value is -3.42. The molecule has 1 aliphatic rings. The van der Waals surface area contributed by atoms with Crippen LogP contribution < -0.4 is 19.7 Å². The highest BCUT2D eigenvalue weighted by atomic mass is 16.5. The van der Waals surface area contributed by atoms with E-state index in [0.29, 0.717) is 31.1 Å². The Morgan fingerprint density at radius 3 is 2.40 bits per heavy atom. The Labute approximate surface area is 176 Å². The average Bonchev–Trinajstić information content (AvgIpc) is 2.78. The summed E-state index contributed by atoms with van der Waals surface area (Å²) in [7, 11) is 1.65. The van der Waals surface area contributed by atoms with Crippen LogP contribution in [0.4, 0.5) is 16.2 Å². The number of carbonyl (C=O) groups is 2. The molecule has 30 heavy (non-hydrogen) atoms. The van der Waals surface area contributed by atoms with Crippen molar-refractivity contribution in [3.8, 4) is 11.5 Å². The zero-order valence-electron chi connectivity index (χ0n) is 17.3. The summed E-state index contributed by atoms with van der Waals surface area (Å²) in [4.78, 5) is 28.1. The molecule has 1 fully saturated rings. The third kappa shape index (κ3) is 5.79. The maximum atomic E-state index is 12.5. The van der Waals surface area contributed by atoms with Crippen molar-refractivity contribution in [2.24, 2.45) is 0 Å². The van der Waals surface area contributed by atoms with E-state index in [-0.39, 0.29) is 12.5 Å². The molecule has 1 N–H and O–H groups in total. The van der Waals surface area contributed by atoms with Crippen LogP contribution in [-0.4, -0.2) is 63.4 Å². The van der Waals surface area contributed by atoms with Gasteiger partial charge in [-0.1, -0.05) is 6.07 Å². The van der Waals surface area contributed by atoms with Crippen LogP contribution in [0.15, 0.2) is 48.5 Å². The summed E-state index contributed by atoms with van der Waals surface area (Å²) in [6.45, 7) is 4.78. The minimum atomic E-state index is -0.527. The van der Waals surface area contributed by atoms with E-state index in [2.05, 4.69) is 10.2 Å². The van der Waals surface area contributed by atoms with Gasteiger partial charge in [0, 0.05) is 43.6 Å². The van der Waals surface area contributed by atoms with Crippen LogP contribution >= 0.6 is 0 Å². The van der Waals surface area contributed by atoms with Gasteiger partial charge in [0.15, 0.2) is 6.61 Å². The zero-order valence-corrected chi connectivity index (χ0v) is 17.3. The van der Waals surface area contributed by atoms with Gasteiger partial charge in [-0.15, -0.1) is 0 Å². The normalized spacial score (nSPS) is 13.5. The second-order valence-electron chi connectivity index (χ2n) is 6.73. The minimum Gasteiger partial charge on any atom is -0.497 e. The number of benzene rings is 2. The molecule has 0 radical (unpaired) electrons. The lowest BCUT2D eigenvalue weighted by molar-refractivity contribution is -0.133. The predicted octanol–water partition coefficient (Wildman–Crippen LogP) is 2.99. The molecule has 0 unspecified atom stereocenters. The molecule has 8 nitrogen and oxygen atoms in total. The van der Waals surface area contributed by atoms with Crippen molar-refractivity contribution in [2.45, 2.75) is 6.92 Å². The number of hydrogen-bond acceptors (Lipinski definition) is 6. The summed E-state index contributed by atoms with van der Waals surface area (Å²) in [5.41, 5.74) is 1.66. The van der Waals surface area contributed by atoms with E-state index >= 15 is 0 Å². The minimum absolute atomic E-state index is 0.0502. The molecule has 0 atom stereocenters. The molecule has 1 saturated heterocycles. The summed E-state index contributed by atoms with van der Waals surface area (Å²) >= 11 is 0. The molecule has 8 heteroatoms. The third-order valence-electron chi connectivity index (χ3n) is 4.79. The van der Waals surface area contributed by atoms with Crippen LogP contribution in [0.3, 0.4) is 0 Å². The van der Waals surface area contributed by atoms with Gasteiger partial charge in [0.25, 0.3) is 5.91 Å². The van der Waals surface area contributed by atoms with Crippen molar-refractivity contribution in [3.63, 3.8) is 0 Å². The van der Waals surface area contributed by atoms with Crippen LogP contribution in [0.5, 0.6) is 11.5 Å². The van der Waals surface area contributed by atoms with Gasteiger partial charge >= 0.3 is 6.09 Å². The molecule has 2 amide bonds. The highest BCUT2D eigenvalue weighted by Gasteiger charge is 2.21. The van der Waals surface area contributed by atoms with E-state index in [4.69, 9.17) is 14.2 Å². The SMILES string of the molecule is CCOC(=O)Nc1cccc(OCC(=O)N2CCN(c3ccc(OC)cc3)CC2)c1. The highest BCUT2D eigenvalue weighted by molar-refractivity contribution is 5.84. The monoisotopic (exact) mass is 413 g/mol. The molecule has 1 heterocycles. The first-order valence-corrected chi connectivity index (χ1v) is 9.92. The molecule has 2 aromatic rings. The molecular weight excluding hydrogens is 386 g/mol. The summed E-state index contributed by atoms with van der Waals surface area (Å²) < 4.78 is 15.7. The molecule has 1 aliphatic heterocycles. The van der Waals surface area contributed by atoms with Crippen LogP contribution in [0.1, 0.15) is 6.92 Å². The standard InChI is InChI=1S/C22H27N3O5/c1-3-29-22(27)23-17-5-4-6-20(15-17)30-16-21(26)25-13-11-24(12-14-25)18-7-9-19(28-2)10-8-18/h4-10,15H,3,11-14,16H2,1-2H3,(H,23,27). The fourth-order valence-corrected chi connectivity index (χ4v) is 3.19. The fourth-order valence-electron chi connectivity index (χ4n) is 3.19. The van der Waals surface area contributed by atoms with Gasteiger partial charge in [0.2, 0.25) is 0 Å². The molecule has 0 aliphatic carbocycles. The van der Waals surface area contributed by atoms with Gasteiger partial charge in [0.1, 0.15) is 11.5 Å². The van der Waals surface area contributed by atoms with Crippen molar-refractivity contribution in [3.05, 3.63) is 48.5 Å². The summed E-state index contributed by atoms with van der Waals surface area (Å²) in [6.07, 6.45) is -0.527. The van der Waals surface area contributed by atoms with Gasteiger partial charge in [-0.3, -0.25) is 10.1 Å². The van der Waals surface area contributed by atoms with Crippen LogP contribution in [0.25, 0.3) is 0 Å². The Morgan fingerprint density at radius 1 is 1.00 bits per heavy atom. The number of anilines is 2. The van der Waals surface area contributed by atoms with Gasteiger partial charge in [-0.2, -0.15) is 0 Å². The summed E-state index contributed by atoms with van der Waals surface area (Å²) in [6, 6.07) is 14.8. The van der Waals surface area contributed by atoms with Crippen LogP contribution in [-0.2, 0) is 9.53 Å². The van der Waals surface area contributed by atoms with E-state index in [0.717, 1.165) is 24.5 Å². The topological polar surface area (TPSA) is 80.3 Å². The lowest BCUT2D eigenvalue weighted by Crippen LogP contribution is -2.50. The van der Waals surface area contributed by atoms with E-state index in [1.54, 1.807) is 43.2 Å². The second kappa shape index (κ2) is 10.4. The van der Waals surface area contributed by atoms with Crippen molar-refractivity contribution < 1.29 is 23.8 Å². The molecule has 2 aromatic carbocycles. The molecule has 3 rings (SSSR count). The molecule has 0 spiro atoms. The molecule has 0 saturated carbocycles. The number of methoxy groups -OCH3 is 1. The fraction of sp³-hybridized carbons (Fsp3) is 0.364. The highest BCUT2D eigenvalue weighted by Crippen LogP contribution is 2.21. The number of carbonyl (C=O) groups excluding carboxylic acids is 2. The smallest absolute Gasteiger partial charge is 0.411 e. The van der Waals surface area contributed by atoms with Crippen molar-refractivity contribution in [1.29, 1.82) is 0 Å². The maximum absolute atomic E-state index is 12.5. The first kappa shape index (κ1) is 21.3. The number of nitrogens with one attached hydrogen (secondary N) is 1. The Balaban J connectivity index is 1.46. The zero-order chi connectivity index (χ0) is 21.3. The summed E-state index contributed by atoms with van der Waals surface area (Å²) in [5, 5.41) is 2.61. The van der Waals surface area contributed by atoms with E-state index in [9.17, 15) is 9.59 Å². The Bertz CT molecular complexity index is 848. The van der Waals surface area contributed by atoms with E-state index < -0.39 is 6.09 Å². The van der Waals surface area contributed by atoms with Crippen molar-refractivity contribution >= 4 is 23.4 Å². The second-order valence-corrected chi connectivity index (χ2v) is 6.73. The number of rotatable bonds is 7. The van der Waals surface area contributed by atoms with E-state index in [1.165, 1.54) is 0 Å². The number of nitrogens with zero attached hydrogens (tertiary/aromatic N) is 2.